The molecule has 1 aromatic rings. The van der Waals surface area contributed by atoms with Crippen LogP contribution in [-0.2, 0) is 6.42 Å². The van der Waals surface area contributed by atoms with Crippen LogP contribution in [0.3, 0.4) is 0 Å². The van der Waals surface area contributed by atoms with Crippen molar-refractivity contribution in [3.63, 3.8) is 0 Å². The van der Waals surface area contributed by atoms with Crippen LogP contribution in [0.2, 0.25) is 0 Å². The van der Waals surface area contributed by atoms with E-state index >= 15 is 0 Å². The molecule has 0 aliphatic rings. The molecular weight excluding hydrogens is 210 g/mol. The van der Waals surface area contributed by atoms with Crippen molar-refractivity contribution in [3.05, 3.63) is 16.1 Å². The van der Waals surface area contributed by atoms with Gasteiger partial charge in [-0.05, 0) is 20.8 Å². The van der Waals surface area contributed by atoms with Gasteiger partial charge in [0.15, 0.2) is 0 Å². The van der Waals surface area contributed by atoms with Gasteiger partial charge in [0, 0.05) is 30.1 Å². The van der Waals surface area contributed by atoms with Gasteiger partial charge in [-0.15, -0.1) is 11.3 Å². The predicted molar refractivity (Wildman–Crippen MR) is 62.2 cm³/mol. The Morgan fingerprint density at radius 3 is 2.87 bits per heavy atom. The first-order valence-corrected chi connectivity index (χ1v) is 5.85. The third kappa shape index (κ3) is 4.78. The first kappa shape index (κ1) is 12.0. The van der Waals surface area contributed by atoms with E-state index in [0.717, 1.165) is 11.4 Å². The lowest BCUT2D eigenvalue weighted by molar-refractivity contribution is 0.238. The number of urea groups is 1. The summed E-state index contributed by atoms with van der Waals surface area (Å²) in [6.07, 6.45) is 2.65. The van der Waals surface area contributed by atoms with Crippen molar-refractivity contribution < 1.29 is 4.79 Å². The van der Waals surface area contributed by atoms with Crippen LogP contribution in [0.5, 0.6) is 0 Å². The molecule has 0 fully saturated rings. The van der Waals surface area contributed by atoms with Crippen LogP contribution < -0.4 is 10.6 Å². The zero-order chi connectivity index (χ0) is 11.3. The standard InChI is InChI=1S/C10H17N3OS/c1-7(2)13-10(14)11-5-4-9-12-6-8(3)15-9/h6-7H,4-5H2,1-3H3,(H2,11,13,14). The fraction of sp³-hybridized carbons (Fsp3) is 0.600. The van der Waals surface area contributed by atoms with Gasteiger partial charge in [-0.25, -0.2) is 9.78 Å². The Balaban J connectivity index is 2.19. The van der Waals surface area contributed by atoms with Gasteiger partial charge in [0.1, 0.15) is 0 Å². The molecule has 0 spiro atoms. The lowest BCUT2D eigenvalue weighted by Crippen LogP contribution is -2.40. The summed E-state index contributed by atoms with van der Waals surface area (Å²) in [5, 5.41) is 6.62. The Bertz CT molecular complexity index is 322. The largest absolute Gasteiger partial charge is 0.338 e. The molecular formula is C10H17N3OS. The average molecular weight is 227 g/mol. The molecule has 1 aromatic heterocycles. The molecule has 0 aromatic carbocycles. The summed E-state index contributed by atoms with van der Waals surface area (Å²) in [7, 11) is 0. The van der Waals surface area contributed by atoms with E-state index in [0.29, 0.717) is 6.54 Å². The smallest absolute Gasteiger partial charge is 0.314 e. The van der Waals surface area contributed by atoms with E-state index in [-0.39, 0.29) is 12.1 Å². The quantitative estimate of drug-likeness (QED) is 0.822. The summed E-state index contributed by atoms with van der Waals surface area (Å²) < 4.78 is 0. The number of aromatic nitrogens is 1. The summed E-state index contributed by atoms with van der Waals surface area (Å²) in [5.74, 6) is 0. The molecule has 0 saturated carbocycles. The van der Waals surface area contributed by atoms with Crippen molar-refractivity contribution >= 4 is 17.4 Å². The normalized spacial score (nSPS) is 10.4. The average Bonchev–Trinajstić information content (AvgIpc) is 2.50. The van der Waals surface area contributed by atoms with Crippen LogP contribution in [-0.4, -0.2) is 23.6 Å². The molecule has 0 aliphatic carbocycles. The minimum absolute atomic E-state index is 0.113. The second kappa shape index (κ2) is 5.70. The van der Waals surface area contributed by atoms with E-state index in [1.54, 1.807) is 11.3 Å². The number of carbonyl (C=O) groups is 1. The number of amides is 2. The fourth-order valence-corrected chi connectivity index (χ4v) is 1.90. The Morgan fingerprint density at radius 2 is 2.33 bits per heavy atom. The summed E-state index contributed by atoms with van der Waals surface area (Å²) in [4.78, 5) is 16.6. The van der Waals surface area contributed by atoms with Crippen LogP contribution in [0.4, 0.5) is 4.79 Å². The van der Waals surface area contributed by atoms with Crippen LogP contribution in [0.1, 0.15) is 23.7 Å². The lowest BCUT2D eigenvalue weighted by atomic mass is 10.4. The van der Waals surface area contributed by atoms with Crippen LogP contribution in [0.25, 0.3) is 0 Å². The number of thiazole rings is 1. The number of aryl methyl sites for hydroxylation is 1. The maximum absolute atomic E-state index is 11.2. The molecule has 84 valence electrons. The van der Waals surface area contributed by atoms with E-state index in [1.165, 1.54) is 4.88 Å². The number of carbonyl (C=O) groups excluding carboxylic acids is 1. The zero-order valence-electron chi connectivity index (χ0n) is 9.33. The van der Waals surface area contributed by atoms with E-state index in [2.05, 4.69) is 15.6 Å². The van der Waals surface area contributed by atoms with Gasteiger partial charge in [0.2, 0.25) is 0 Å². The van der Waals surface area contributed by atoms with Crippen molar-refractivity contribution in [2.45, 2.75) is 33.2 Å². The highest BCUT2D eigenvalue weighted by molar-refractivity contribution is 7.11. The van der Waals surface area contributed by atoms with Gasteiger partial charge >= 0.3 is 6.03 Å². The van der Waals surface area contributed by atoms with E-state index in [4.69, 9.17) is 0 Å². The fourth-order valence-electron chi connectivity index (χ4n) is 1.11. The minimum Gasteiger partial charge on any atom is -0.338 e. The SMILES string of the molecule is Cc1cnc(CCNC(=O)NC(C)C)s1. The number of nitrogens with one attached hydrogen (secondary N) is 2. The molecule has 5 heteroatoms. The first-order chi connectivity index (χ1) is 7.08. The first-order valence-electron chi connectivity index (χ1n) is 5.03. The molecule has 0 radical (unpaired) electrons. The van der Waals surface area contributed by atoms with E-state index < -0.39 is 0 Å². The number of hydrogen-bond donors (Lipinski definition) is 2. The monoisotopic (exact) mass is 227 g/mol. The second-order valence-corrected chi connectivity index (χ2v) is 4.99. The lowest BCUT2D eigenvalue weighted by Gasteiger charge is -2.09. The minimum atomic E-state index is -0.113. The topological polar surface area (TPSA) is 54.0 Å². The van der Waals surface area contributed by atoms with Gasteiger partial charge in [-0.2, -0.15) is 0 Å². The second-order valence-electron chi connectivity index (χ2n) is 3.67. The Labute approximate surface area is 94.1 Å². The van der Waals surface area contributed by atoms with Crippen molar-refractivity contribution in [3.8, 4) is 0 Å². The van der Waals surface area contributed by atoms with Crippen molar-refractivity contribution in [1.29, 1.82) is 0 Å². The van der Waals surface area contributed by atoms with Crippen molar-refractivity contribution in [2.24, 2.45) is 0 Å². The molecule has 15 heavy (non-hydrogen) atoms. The molecule has 2 N–H and O–H groups in total. The summed E-state index contributed by atoms with van der Waals surface area (Å²) in [6, 6.07) is 0.0605. The highest BCUT2D eigenvalue weighted by Gasteiger charge is 2.02. The molecule has 0 unspecified atom stereocenters. The van der Waals surface area contributed by atoms with Crippen LogP contribution in [0, 0.1) is 6.92 Å². The molecule has 0 bridgehead atoms. The van der Waals surface area contributed by atoms with Crippen LogP contribution >= 0.6 is 11.3 Å². The predicted octanol–water partition coefficient (Wildman–Crippen LogP) is 1.70. The maximum Gasteiger partial charge on any atom is 0.314 e. The molecule has 1 rings (SSSR count). The highest BCUT2D eigenvalue weighted by Crippen LogP contribution is 2.10. The third-order valence-electron chi connectivity index (χ3n) is 1.71. The maximum atomic E-state index is 11.2. The summed E-state index contributed by atoms with van der Waals surface area (Å²) in [6.45, 7) is 6.53. The Kier molecular flexibility index (Phi) is 4.55. The van der Waals surface area contributed by atoms with Crippen LogP contribution in [0.15, 0.2) is 6.20 Å². The van der Waals surface area contributed by atoms with Gasteiger partial charge in [0.25, 0.3) is 0 Å². The third-order valence-corrected chi connectivity index (χ3v) is 2.69. The number of rotatable bonds is 4. The van der Waals surface area contributed by atoms with E-state index in [9.17, 15) is 4.79 Å². The molecule has 0 aliphatic heterocycles. The van der Waals surface area contributed by atoms with Gasteiger partial charge in [-0.1, -0.05) is 0 Å². The summed E-state index contributed by atoms with van der Waals surface area (Å²) in [5.41, 5.74) is 0. The molecule has 2 amide bonds. The Morgan fingerprint density at radius 1 is 1.60 bits per heavy atom. The van der Waals surface area contributed by atoms with Gasteiger partial charge < -0.3 is 10.6 Å². The van der Waals surface area contributed by atoms with Gasteiger partial charge in [-0.3, -0.25) is 0 Å². The van der Waals surface area contributed by atoms with Crippen molar-refractivity contribution in [2.75, 3.05) is 6.54 Å². The Hall–Kier alpha value is -1.10. The number of nitrogens with zero attached hydrogens (tertiary/aromatic N) is 1. The molecule has 0 saturated heterocycles. The highest BCUT2D eigenvalue weighted by atomic mass is 32.1. The van der Waals surface area contributed by atoms with Crippen molar-refractivity contribution in [1.82, 2.24) is 15.6 Å². The number of hydrogen-bond acceptors (Lipinski definition) is 3. The molecule has 4 nitrogen and oxygen atoms in total. The van der Waals surface area contributed by atoms with Gasteiger partial charge in [0.05, 0.1) is 5.01 Å². The molecule has 1 heterocycles. The molecule has 0 atom stereocenters. The zero-order valence-corrected chi connectivity index (χ0v) is 10.1. The van der Waals surface area contributed by atoms with E-state index in [1.807, 2.05) is 27.0 Å². The summed E-state index contributed by atoms with van der Waals surface area (Å²) >= 11 is 1.67.